The predicted molar refractivity (Wildman–Crippen MR) is 57.7 cm³/mol. The number of carbonyl (C=O) groups is 1. The number of hydrogen-bond donors (Lipinski definition) is 0. The van der Waals surface area contributed by atoms with Gasteiger partial charge in [0.1, 0.15) is 0 Å². The third kappa shape index (κ3) is 3.23. The SMILES string of the molecule is CC[C@H](SC(C)=O)c1ccccc1. The van der Waals surface area contributed by atoms with Gasteiger partial charge in [0, 0.05) is 12.2 Å². The van der Waals surface area contributed by atoms with E-state index in [2.05, 4.69) is 19.1 Å². The second kappa shape index (κ2) is 5.07. The molecule has 0 bridgehead atoms. The zero-order valence-electron chi connectivity index (χ0n) is 7.99. The summed E-state index contributed by atoms with van der Waals surface area (Å²) in [6.45, 7) is 3.73. The van der Waals surface area contributed by atoms with E-state index in [1.807, 2.05) is 18.2 Å². The van der Waals surface area contributed by atoms with Crippen LogP contribution in [0.3, 0.4) is 0 Å². The van der Waals surface area contributed by atoms with Gasteiger partial charge in [-0.05, 0) is 12.0 Å². The summed E-state index contributed by atoms with van der Waals surface area (Å²) in [6, 6.07) is 10.2. The first-order chi connectivity index (χ1) is 6.24. The highest BCUT2D eigenvalue weighted by Crippen LogP contribution is 2.31. The van der Waals surface area contributed by atoms with Crippen LogP contribution in [0.25, 0.3) is 0 Å². The molecule has 0 N–H and O–H groups in total. The van der Waals surface area contributed by atoms with Gasteiger partial charge in [-0.2, -0.15) is 0 Å². The lowest BCUT2D eigenvalue weighted by molar-refractivity contribution is -0.109. The highest BCUT2D eigenvalue weighted by molar-refractivity contribution is 8.13. The van der Waals surface area contributed by atoms with Crippen LogP contribution >= 0.6 is 11.8 Å². The van der Waals surface area contributed by atoms with Crippen LogP contribution < -0.4 is 0 Å². The number of benzene rings is 1. The molecule has 0 amide bonds. The lowest BCUT2D eigenvalue weighted by Gasteiger charge is -2.11. The minimum atomic E-state index is 0.190. The average molecular weight is 194 g/mol. The van der Waals surface area contributed by atoms with Gasteiger partial charge >= 0.3 is 0 Å². The summed E-state index contributed by atoms with van der Waals surface area (Å²) in [5.74, 6) is 0. The predicted octanol–water partition coefficient (Wildman–Crippen LogP) is 3.42. The zero-order chi connectivity index (χ0) is 9.68. The molecule has 0 spiro atoms. The molecule has 70 valence electrons. The molecule has 1 atom stereocenters. The van der Waals surface area contributed by atoms with Crippen molar-refractivity contribution in [2.45, 2.75) is 25.5 Å². The molecule has 0 aromatic heterocycles. The minimum Gasteiger partial charge on any atom is -0.288 e. The molecule has 0 aliphatic rings. The summed E-state index contributed by atoms with van der Waals surface area (Å²) in [5.41, 5.74) is 1.24. The summed E-state index contributed by atoms with van der Waals surface area (Å²) >= 11 is 1.41. The van der Waals surface area contributed by atoms with Gasteiger partial charge in [0.2, 0.25) is 0 Å². The van der Waals surface area contributed by atoms with E-state index in [0.29, 0.717) is 5.25 Å². The Balaban J connectivity index is 2.73. The Morgan fingerprint density at radius 3 is 2.46 bits per heavy atom. The van der Waals surface area contributed by atoms with Gasteiger partial charge in [0.25, 0.3) is 0 Å². The summed E-state index contributed by atoms with van der Waals surface area (Å²) in [5, 5.41) is 0.509. The van der Waals surface area contributed by atoms with Crippen molar-refractivity contribution in [3.05, 3.63) is 35.9 Å². The van der Waals surface area contributed by atoms with Crippen molar-refractivity contribution >= 4 is 16.9 Å². The summed E-state index contributed by atoms with van der Waals surface area (Å²) in [7, 11) is 0. The Morgan fingerprint density at radius 1 is 1.38 bits per heavy atom. The molecule has 0 aliphatic carbocycles. The minimum absolute atomic E-state index is 0.190. The van der Waals surface area contributed by atoms with E-state index in [4.69, 9.17) is 0 Å². The Kier molecular flexibility index (Phi) is 4.03. The highest BCUT2D eigenvalue weighted by Gasteiger charge is 2.11. The number of rotatable bonds is 3. The lowest BCUT2D eigenvalue weighted by Crippen LogP contribution is -1.95. The maximum absolute atomic E-state index is 10.9. The van der Waals surface area contributed by atoms with Crippen LogP contribution in [-0.2, 0) is 4.79 Å². The van der Waals surface area contributed by atoms with Crippen molar-refractivity contribution in [2.75, 3.05) is 0 Å². The zero-order valence-corrected chi connectivity index (χ0v) is 8.80. The molecule has 0 saturated heterocycles. The van der Waals surface area contributed by atoms with Gasteiger partial charge in [-0.25, -0.2) is 0 Å². The Labute approximate surface area is 83.5 Å². The normalized spacial score (nSPS) is 12.5. The fourth-order valence-corrected chi connectivity index (χ4v) is 2.12. The molecule has 0 fully saturated rings. The van der Waals surface area contributed by atoms with Crippen LogP contribution in [0.2, 0.25) is 0 Å². The maximum Gasteiger partial charge on any atom is 0.186 e. The van der Waals surface area contributed by atoms with E-state index in [1.54, 1.807) is 6.92 Å². The first-order valence-corrected chi connectivity index (χ1v) is 5.34. The second-order valence-electron chi connectivity index (χ2n) is 2.92. The highest BCUT2D eigenvalue weighted by atomic mass is 32.2. The summed E-state index contributed by atoms with van der Waals surface area (Å²) in [6.07, 6.45) is 0.994. The Bertz CT molecular complexity index is 269. The fraction of sp³-hybridized carbons (Fsp3) is 0.364. The number of carbonyl (C=O) groups excluding carboxylic acids is 1. The van der Waals surface area contributed by atoms with Crippen molar-refractivity contribution in [1.82, 2.24) is 0 Å². The van der Waals surface area contributed by atoms with Crippen LogP contribution in [0.15, 0.2) is 30.3 Å². The van der Waals surface area contributed by atoms with E-state index in [9.17, 15) is 4.79 Å². The largest absolute Gasteiger partial charge is 0.288 e. The monoisotopic (exact) mass is 194 g/mol. The molecule has 0 saturated carbocycles. The Morgan fingerprint density at radius 2 is 2.00 bits per heavy atom. The van der Waals surface area contributed by atoms with Crippen molar-refractivity contribution in [2.24, 2.45) is 0 Å². The van der Waals surface area contributed by atoms with Crippen molar-refractivity contribution in [1.29, 1.82) is 0 Å². The standard InChI is InChI=1S/C11H14OS/c1-3-11(13-9(2)12)10-7-5-4-6-8-10/h4-8,11H,3H2,1-2H3/t11-/m0/s1. The lowest BCUT2D eigenvalue weighted by atomic mass is 10.1. The van der Waals surface area contributed by atoms with Gasteiger partial charge in [0.15, 0.2) is 5.12 Å². The fourth-order valence-electron chi connectivity index (χ4n) is 1.26. The van der Waals surface area contributed by atoms with Crippen molar-refractivity contribution in [3.63, 3.8) is 0 Å². The molecule has 13 heavy (non-hydrogen) atoms. The Hall–Kier alpha value is -0.760. The van der Waals surface area contributed by atoms with Crippen LogP contribution in [0.4, 0.5) is 0 Å². The molecule has 0 heterocycles. The van der Waals surface area contributed by atoms with Crippen LogP contribution in [-0.4, -0.2) is 5.12 Å². The first-order valence-electron chi connectivity index (χ1n) is 4.46. The second-order valence-corrected chi connectivity index (χ2v) is 4.30. The van der Waals surface area contributed by atoms with Crippen molar-refractivity contribution in [3.8, 4) is 0 Å². The summed E-state index contributed by atoms with van der Waals surface area (Å²) < 4.78 is 0. The smallest absolute Gasteiger partial charge is 0.186 e. The molecular formula is C11H14OS. The van der Waals surface area contributed by atoms with E-state index < -0.39 is 0 Å². The van der Waals surface area contributed by atoms with Gasteiger partial charge in [-0.1, -0.05) is 49.0 Å². The molecule has 0 unspecified atom stereocenters. The quantitative estimate of drug-likeness (QED) is 0.733. The van der Waals surface area contributed by atoms with Crippen LogP contribution in [0.5, 0.6) is 0 Å². The van der Waals surface area contributed by atoms with Crippen LogP contribution in [0, 0.1) is 0 Å². The van der Waals surface area contributed by atoms with E-state index in [0.717, 1.165) is 6.42 Å². The van der Waals surface area contributed by atoms with Crippen molar-refractivity contribution < 1.29 is 4.79 Å². The molecule has 1 nitrogen and oxygen atoms in total. The first kappa shape index (κ1) is 10.3. The molecule has 1 aromatic rings. The van der Waals surface area contributed by atoms with Gasteiger partial charge in [0.05, 0.1) is 0 Å². The molecule has 1 rings (SSSR count). The average Bonchev–Trinajstić information content (AvgIpc) is 2.15. The molecular weight excluding hydrogens is 180 g/mol. The van der Waals surface area contributed by atoms with Gasteiger partial charge in [-0.3, -0.25) is 4.79 Å². The molecule has 0 aliphatic heterocycles. The number of thioether (sulfide) groups is 1. The molecule has 1 aromatic carbocycles. The summed E-state index contributed by atoms with van der Waals surface area (Å²) in [4.78, 5) is 10.9. The maximum atomic E-state index is 10.9. The van der Waals surface area contributed by atoms with E-state index in [-0.39, 0.29) is 5.12 Å². The third-order valence-electron chi connectivity index (χ3n) is 1.85. The van der Waals surface area contributed by atoms with Crippen LogP contribution in [0.1, 0.15) is 31.1 Å². The molecule has 0 radical (unpaired) electrons. The van der Waals surface area contributed by atoms with E-state index in [1.165, 1.54) is 17.3 Å². The topological polar surface area (TPSA) is 17.1 Å². The van der Waals surface area contributed by atoms with Gasteiger partial charge < -0.3 is 0 Å². The van der Waals surface area contributed by atoms with Gasteiger partial charge in [-0.15, -0.1) is 0 Å². The van der Waals surface area contributed by atoms with E-state index >= 15 is 0 Å². The molecule has 2 heteroatoms. The third-order valence-corrected chi connectivity index (χ3v) is 3.07. The number of hydrogen-bond acceptors (Lipinski definition) is 2.